The SMILES string of the molecule is CC/C=C\C/C=C\C/C=C\C/C=C\C/C=C\C/C=C\C/C=C\C/C=C\CCCCCCCCCCCCCCC(=O)OC(COC(=O)CCCCC/C=C\C/C=C\C/C=C\C/C=C\C/C=C\C/C=C\C/C=C\CC)COP(=O)(O)OCC[N+](C)(C)C. The summed E-state index contributed by atoms with van der Waals surface area (Å²) in [5.74, 6) is -0.850. The molecule has 0 amide bonds. The van der Waals surface area contributed by atoms with Crippen molar-refractivity contribution in [2.45, 2.75) is 238 Å². The quantitative estimate of drug-likeness (QED) is 0.0211. The topological polar surface area (TPSA) is 108 Å². The van der Waals surface area contributed by atoms with Crippen molar-refractivity contribution in [1.82, 2.24) is 0 Å². The smallest absolute Gasteiger partial charge is 0.462 e. The van der Waals surface area contributed by atoms with E-state index in [1.54, 1.807) is 0 Å². The predicted octanol–water partition coefficient (Wildman–Crippen LogP) is 21.9. The molecule has 0 aromatic rings. The first-order chi connectivity index (χ1) is 42.0. The summed E-state index contributed by atoms with van der Waals surface area (Å²) in [5.41, 5.74) is 0. The molecule has 0 aliphatic heterocycles. The van der Waals surface area contributed by atoms with E-state index >= 15 is 0 Å². The van der Waals surface area contributed by atoms with Gasteiger partial charge in [-0.15, -0.1) is 0 Å². The molecule has 9 nitrogen and oxygen atoms in total. The summed E-state index contributed by atoms with van der Waals surface area (Å²) >= 11 is 0. The molecular formula is C76H123NO8P+. The minimum absolute atomic E-state index is 0.0157. The van der Waals surface area contributed by atoms with Crippen LogP contribution in [0.5, 0.6) is 0 Å². The van der Waals surface area contributed by atoms with Crippen molar-refractivity contribution in [3.8, 4) is 0 Å². The Hall–Kier alpha value is -4.89. The summed E-state index contributed by atoms with van der Waals surface area (Å²) in [5, 5.41) is 0. The molecule has 0 spiro atoms. The Kier molecular flexibility index (Phi) is 60.9. The Balaban J connectivity index is 4.18. The van der Waals surface area contributed by atoms with E-state index in [0.29, 0.717) is 23.9 Å². The van der Waals surface area contributed by atoms with Crippen molar-refractivity contribution in [2.24, 2.45) is 0 Å². The second kappa shape index (κ2) is 64.6. The summed E-state index contributed by atoms with van der Waals surface area (Å²) in [4.78, 5) is 35.8. The van der Waals surface area contributed by atoms with Crippen LogP contribution in [0.1, 0.15) is 232 Å². The Morgan fingerprint density at radius 1 is 0.360 bits per heavy atom. The average molecular weight is 1210 g/mol. The van der Waals surface area contributed by atoms with E-state index in [4.69, 9.17) is 18.5 Å². The lowest BCUT2D eigenvalue weighted by molar-refractivity contribution is -0.870. The molecule has 0 saturated carbocycles. The second-order valence-corrected chi connectivity index (χ2v) is 24.2. The van der Waals surface area contributed by atoms with Gasteiger partial charge in [0.2, 0.25) is 0 Å². The molecular weight excluding hydrogens is 1090 g/mol. The molecule has 0 aromatic heterocycles. The molecule has 0 aliphatic rings. The summed E-state index contributed by atoms with van der Waals surface area (Å²) in [6, 6.07) is 0. The number of phosphoric acid groups is 1. The Bertz CT molecular complexity index is 2100. The van der Waals surface area contributed by atoms with Crippen LogP contribution in [0.3, 0.4) is 0 Å². The highest BCUT2D eigenvalue weighted by Crippen LogP contribution is 2.43. The number of phosphoric ester groups is 1. The largest absolute Gasteiger partial charge is 0.472 e. The Morgan fingerprint density at radius 2 is 0.628 bits per heavy atom. The van der Waals surface area contributed by atoms with E-state index in [2.05, 4.69) is 196 Å². The molecule has 484 valence electrons. The lowest BCUT2D eigenvalue weighted by Crippen LogP contribution is -2.37. The maximum absolute atomic E-state index is 12.9. The molecule has 0 saturated heterocycles. The third-order valence-electron chi connectivity index (χ3n) is 13.4. The van der Waals surface area contributed by atoms with Crippen LogP contribution in [0.15, 0.2) is 182 Å². The van der Waals surface area contributed by atoms with Gasteiger partial charge in [0.15, 0.2) is 6.10 Å². The number of unbranched alkanes of at least 4 members (excludes halogenated alkanes) is 15. The van der Waals surface area contributed by atoms with Crippen molar-refractivity contribution in [2.75, 3.05) is 47.5 Å². The van der Waals surface area contributed by atoms with Crippen molar-refractivity contribution < 1.29 is 42.1 Å². The Labute approximate surface area is 527 Å². The van der Waals surface area contributed by atoms with Gasteiger partial charge in [-0.3, -0.25) is 18.6 Å². The maximum atomic E-state index is 12.9. The van der Waals surface area contributed by atoms with Crippen molar-refractivity contribution in [3.05, 3.63) is 182 Å². The van der Waals surface area contributed by atoms with Crippen molar-refractivity contribution >= 4 is 19.8 Å². The zero-order valence-corrected chi connectivity index (χ0v) is 55.9. The highest BCUT2D eigenvalue weighted by Gasteiger charge is 2.27. The number of hydrogen-bond acceptors (Lipinski definition) is 7. The molecule has 0 fully saturated rings. The van der Waals surface area contributed by atoms with Gasteiger partial charge in [-0.25, -0.2) is 4.57 Å². The molecule has 2 atom stereocenters. The van der Waals surface area contributed by atoms with Gasteiger partial charge in [-0.2, -0.15) is 0 Å². The van der Waals surface area contributed by atoms with Gasteiger partial charge in [-0.1, -0.05) is 267 Å². The maximum Gasteiger partial charge on any atom is 0.472 e. The normalized spacial score (nSPS) is 14.3. The molecule has 0 aromatic carbocycles. The van der Waals surface area contributed by atoms with Crippen molar-refractivity contribution in [1.29, 1.82) is 0 Å². The van der Waals surface area contributed by atoms with Crippen LogP contribution < -0.4 is 0 Å². The standard InChI is InChI=1S/C76H122NO8P/c1-6-8-10-12-14-16-18-20-22-24-26-28-30-32-33-34-35-36-37-38-39-40-41-42-43-45-47-49-51-53-55-57-59-61-63-65-67-69-76(79)85-74(73-84-86(80,81)83-71-70-77(3,4)5)72-82-75(78)68-66-64-62-60-58-56-54-52-50-48-46-44-31-29-27-25-23-21-19-17-15-13-11-9-7-2/h8-11,14-17,20-23,26-29,32-33,35-36,38-39,41-42,44,46,50,52,56,58,74H,6-7,12-13,18-19,24-25,30-31,34,37,40,43,45,47-49,51,53-55,57,59-73H2,1-5H3/p+1/b10-8-,11-9-,16-14-,17-15-,22-20-,23-21-,28-26-,29-27-,33-32-,36-35-,39-38-,42-41-,46-44-,52-50-,58-56-. The molecule has 0 rings (SSSR count). The van der Waals surface area contributed by atoms with Crippen LogP contribution in [0, 0.1) is 0 Å². The van der Waals surface area contributed by atoms with Gasteiger partial charge in [0.25, 0.3) is 0 Å². The number of rotatable bonds is 59. The van der Waals surface area contributed by atoms with E-state index in [9.17, 15) is 19.0 Å². The summed E-state index contributed by atoms with van der Waals surface area (Å²) < 4.78 is 34.6. The number of carbonyl (C=O) groups excluding carboxylic acids is 2. The van der Waals surface area contributed by atoms with Crippen LogP contribution in [0.2, 0.25) is 0 Å². The molecule has 0 heterocycles. The van der Waals surface area contributed by atoms with Crippen LogP contribution in [-0.4, -0.2) is 74.9 Å². The van der Waals surface area contributed by atoms with E-state index < -0.39 is 32.5 Å². The number of esters is 2. The summed E-state index contributed by atoms with van der Waals surface area (Å²) in [7, 11) is 1.43. The summed E-state index contributed by atoms with van der Waals surface area (Å²) in [6.07, 6.45) is 99.8. The number of quaternary nitrogens is 1. The van der Waals surface area contributed by atoms with E-state index in [1.807, 2.05) is 21.1 Å². The molecule has 10 heteroatoms. The lowest BCUT2D eigenvalue weighted by atomic mass is 10.0. The van der Waals surface area contributed by atoms with Gasteiger partial charge >= 0.3 is 19.8 Å². The molecule has 2 unspecified atom stereocenters. The first kappa shape index (κ1) is 81.1. The second-order valence-electron chi connectivity index (χ2n) is 22.7. The average Bonchev–Trinajstić information content (AvgIpc) is 3.67. The lowest BCUT2D eigenvalue weighted by Gasteiger charge is -2.24. The number of likely N-dealkylation sites (N-methyl/N-ethyl adjacent to an activating group) is 1. The zero-order valence-electron chi connectivity index (χ0n) is 55.0. The zero-order chi connectivity index (χ0) is 62.6. The molecule has 1 N–H and O–H groups in total. The monoisotopic (exact) mass is 1210 g/mol. The molecule has 0 bridgehead atoms. The third-order valence-corrected chi connectivity index (χ3v) is 14.4. The minimum atomic E-state index is -4.41. The van der Waals surface area contributed by atoms with Crippen LogP contribution >= 0.6 is 7.82 Å². The van der Waals surface area contributed by atoms with Crippen LogP contribution in [-0.2, 0) is 32.7 Å². The highest BCUT2D eigenvalue weighted by molar-refractivity contribution is 7.47. The molecule has 86 heavy (non-hydrogen) atoms. The minimum Gasteiger partial charge on any atom is -0.462 e. The van der Waals surface area contributed by atoms with E-state index in [-0.39, 0.29) is 26.1 Å². The Morgan fingerprint density at radius 3 is 0.942 bits per heavy atom. The first-order valence-corrected chi connectivity index (χ1v) is 35.0. The first-order valence-electron chi connectivity index (χ1n) is 33.5. The van der Waals surface area contributed by atoms with Crippen molar-refractivity contribution in [3.63, 3.8) is 0 Å². The van der Waals surface area contributed by atoms with Gasteiger partial charge in [0.05, 0.1) is 27.7 Å². The van der Waals surface area contributed by atoms with E-state index in [0.717, 1.165) is 141 Å². The number of allylic oxidation sites excluding steroid dienone is 30. The molecule has 0 aliphatic carbocycles. The third kappa shape index (κ3) is 68.2. The number of nitrogens with zero attached hydrogens (tertiary/aromatic N) is 1. The van der Waals surface area contributed by atoms with Gasteiger partial charge in [-0.05, 0) is 135 Å². The highest BCUT2D eigenvalue weighted by atomic mass is 31.2. The van der Waals surface area contributed by atoms with Gasteiger partial charge < -0.3 is 18.9 Å². The van der Waals surface area contributed by atoms with Gasteiger partial charge in [0.1, 0.15) is 19.8 Å². The summed E-state index contributed by atoms with van der Waals surface area (Å²) in [6.45, 7) is 4.14. The number of carbonyl (C=O) groups is 2. The number of ether oxygens (including phenoxy) is 2. The fourth-order valence-electron chi connectivity index (χ4n) is 8.36. The fraction of sp³-hybridized carbons (Fsp3) is 0.579. The fourth-order valence-corrected chi connectivity index (χ4v) is 9.11. The van der Waals surface area contributed by atoms with Gasteiger partial charge in [0, 0.05) is 12.8 Å². The predicted molar refractivity (Wildman–Crippen MR) is 371 cm³/mol. The van der Waals surface area contributed by atoms with E-state index in [1.165, 1.54) is 51.4 Å². The molecule has 0 radical (unpaired) electrons. The van der Waals surface area contributed by atoms with Crippen LogP contribution in [0.4, 0.5) is 0 Å². The van der Waals surface area contributed by atoms with Crippen LogP contribution in [0.25, 0.3) is 0 Å². The number of hydrogen-bond donors (Lipinski definition) is 1.